The van der Waals surface area contributed by atoms with E-state index in [1.165, 1.54) is 0 Å². The van der Waals surface area contributed by atoms with Gasteiger partial charge in [-0.3, -0.25) is 4.79 Å². The first-order valence-corrected chi connectivity index (χ1v) is 7.80. The van der Waals surface area contributed by atoms with Crippen molar-refractivity contribution in [1.82, 2.24) is 5.32 Å². The van der Waals surface area contributed by atoms with Crippen molar-refractivity contribution in [2.45, 2.75) is 13.5 Å². The third kappa shape index (κ3) is 4.82. The Morgan fingerprint density at radius 2 is 1.96 bits per heavy atom. The number of benzene rings is 2. The number of hydrogen-bond acceptors (Lipinski definition) is 4. The average Bonchev–Trinajstić information content (AvgIpc) is 2.54. The Kier molecular flexibility index (Phi) is 5.76. The van der Waals surface area contributed by atoms with Crippen LogP contribution in [0.5, 0.6) is 0 Å². The van der Waals surface area contributed by atoms with Crippen LogP contribution in [0, 0.1) is 6.92 Å². The quantitative estimate of drug-likeness (QED) is 0.620. The zero-order valence-corrected chi connectivity index (χ0v) is 14.2. The summed E-state index contributed by atoms with van der Waals surface area (Å²) < 4.78 is 5.70. The summed E-state index contributed by atoms with van der Waals surface area (Å²) in [6.45, 7) is 2.01. The highest BCUT2D eigenvalue weighted by Crippen LogP contribution is 2.19. The van der Waals surface area contributed by atoms with Gasteiger partial charge < -0.3 is 15.8 Å². The lowest BCUT2D eigenvalue weighted by Gasteiger charge is -2.09. The number of hydrogen-bond donors (Lipinski definition) is 2. The molecule has 2 aromatic carbocycles. The normalized spacial score (nSPS) is 10.2. The smallest absolute Gasteiger partial charge is 0.340 e. The Morgan fingerprint density at radius 3 is 2.70 bits per heavy atom. The van der Waals surface area contributed by atoms with Gasteiger partial charge in [0.2, 0.25) is 0 Å². The maximum Gasteiger partial charge on any atom is 0.340 e. The molecule has 0 saturated carbocycles. The van der Waals surface area contributed by atoms with E-state index in [4.69, 9.17) is 10.5 Å². The Bertz CT molecular complexity index is 732. The molecule has 0 saturated heterocycles. The van der Waals surface area contributed by atoms with Crippen LogP contribution in [0.3, 0.4) is 0 Å². The molecule has 0 aliphatic carbocycles. The van der Waals surface area contributed by atoms with Gasteiger partial charge in [-0.25, -0.2) is 4.79 Å². The first-order chi connectivity index (χ1) is 11.0. The van der Waals surface area contributed by atoms with Crippen LogP contribution < -0.4 is 11.1 Å². The van der Waals surface area contributed by atoms with Crippen molar-refractivity contribution in [3.8, 4) is 0 Å². The van der Waals surface area contributed by atoms with E-state index in [0.717, 1.165) is 11.1 Å². The van der Waals surface area contributed by atoms with Crippen LogP contribution in [-0.2, 0) is 16.1 Å². The topological polar surface area (TPSA) is 81.4 Å². The summed E-state index contributed by atoms with van der Waals surface area (Å²) in [4.78, 5) is 23.7. The number of nitrogen functional groups attached to an aromatic ring is 1. The van der Waals surface area contributed by atoms with Crippen molar-refractivity contribution < 1.29 is 14.3 Å². The first-order valence-electron chi connectivity index (χ1n) is 7.00. The standard InChI is InChI=1S/C17H17BrN2O3/c1-11-4-2-3-5-12(11)9-20-16(21)10-23-17(22)14-8-13(18)6-7-15(14)19/h2-8H,9-10,19H2,1H3,(H,20,21). The number of carbonyl (C=O) groups excluding carboxylic acids is 2. The van der Waals surface area contributed by atoms with Crippen LogP contribution in [0.25, 0.3) is 0 Å². The molecule has 6 heteroatoms. The van der Waals surface area contributed by atoms with Crippen molar-refractivity contribution in [3.63, 3.8) is 0 Å². The largest absolute Gasteiger partial charge is 0.452 e. The maximum atomic E-state index is 11.9. The molecule has 0 fully saturated rings. The van der Waals surface area contributed by atoms with Gasteiger partial charge in [0, 0.05) is 16.7 Å². The van der Waals surface area contributed by atoms with Gasteiger partial charge in [-0.15, -0.1) is 0 Å². The minimum absolute atomic E-state index is 0.228. The zero-order chi connectivity index (χ0) is 16.8. The minimum atomic E-state index is -0.630. The number of anilines is 1. The van der Waals surface area contributed by atoms with E-state index in [0.29, 0.717) is 16.7 Å². The number of rotatable bonds is 5. The van der Waals surface area contributed by atoms with E-state index in [-0.39, 0.29) is 18.1 Å². The summed E-state index contributed by atoms with van der Waals surface area (Å²) in [5.41, 5.74) is 8.36. The summed E-state index contributed by atoms with van der Waals surface area (Å²) in [6.07, 6.45) is 0. The van der Waals surface area contributed by atoms with Crippen LogP contribution in [0.15, 0.2) is 46.9 Å². The highest BCUT2D eigenvalue weighted by atomic mass is 79.9. The van der Waals surface area contributed by atoms with Crippen LogP contribution >= 0.6 is 15.9 Å². The van der Waals surface area contributed by atoms with E-state index in [1.54, 1.807) is 18.2 Å². The molecule has 23 heavy (non-hydrogen) atoms. The number of nitrogens with two attached hydrogens (primary N) is 1. The third-order valence-corrected chi connectivity index (χ3v) is 3.80. The summed E-state index contributed by atoms with van der Waals surface area (Å²) in [5.74, 6) is -0.995. The predicted octanol–water partition coefficient (Wildman–Crippen LogP) is 2.81. The van der Waals surface area contributed by atoms with Gasteiger partial charge in [0.15, 0.2) is 6.61 Å². The molecule has 0 aliphatic rings. The second-order valence-corrected chi connectivity index (χ2v) is 5.93. The molecule has 0 radical (unpaired) electrons. The Balaban J connectivity index is 1.86. The molecule has 3 N–H and O–H groups in total. The van der Waals surface area contributed by atoms with Crippen molar-refractivity contribution >= 4 is 33.5 Å². The fourth-order valence-electron chi connectivity index (χ4n) is 1.97. The second-order valence-electron chi connectivity index (χ2n) is 5.01. The summed E-state index contributed by atoms with van der Waals surface area (Å²) >= 11 is 3.26. The number of esters is 1. The molecule has 0 aromatic heterocycles. The van der Waals surface area contributed by atoms with Gasteiger partial charge in [0.25, 0.3) is 5.91 Å². The van der Waals surface area contributed by atoms with Gasteiger partial charge in [0.05, 0.1) is 5.56 Å². The van der Waals surface area contributed by atoms with Gasteiger partial charge in [0.1, 0.15) is 0 Å². The van der Waals surface area contributed by atoms with E-state index >= 15 is 0 Å². The molecule has 2 aromatic rings. The fourth-order valence-corrected chi connectivity index (χ4v) is 2.33. The van der Waals surface area contributed by atoms with Gasteiger partial charge in [-0.1, -0.05) is 40.2 Å². The number of ether oxygens (including phenoxy) is 1. The lowest BCUT2D eigenvalue weighted by molar-refractivity contribution is -0.124. The van der Waals surface area contributed by atoms with E-state index < -0.39 is 5.97 Å². The summed E-state index contributed by atoms with van der Waals surface area (Å²) in [6, 6.07) is 12.6. The van der Waals surface area contributed by atoms with E-state index in [2.05, 4.69) is 21.2 Å². The van der Waals surface area contributed by atoms with Crippen LogP contribution in [0.1, 0.15) is 21.5 Å². The van der Waals surface area contributed by atoms with Crippen LogP contribution in [0.4, 0.5) is 5.69 Å². The second kappa shape index (κ2) is 7.78. The van der Waals surface area contributed by atoms with Gasteiger partial charge in [-0.2, -0.15) is 0 Å². The minimum Gasteiger partial charge on any atom is -0.452 e. The highest BCUT2D eigenvalue weighted by Gasteiger charge is 2.13. The number of nitrogens with one attached hydrogen (secondary N) is 1. The number of halogens is 1. The predicted molar refractivity (Wildman–Crippen MR) is 91.9 cm³/mol. The highest BCUT2D eigenvalue weighted by molar-refractivity contribution is 9.10. The first kappa shape index (κ1) is 17.0. The van der Waals surface area contributed by atoms with Gasteiger partial charge in [-0.05, 0) is 36.2 Å². The molecule has 120 valence electrons. The Morgan fingerprint density at radius 1 is 1.22 bits per heavy atom. The molecule has 2 rings (SSSR count). The van der Waals surface area contributed by atoms with Crippen molar-refractivity contribution in [2.24, 2.45) is 0 Å². The lowest BCUT2D eigenvalue weighted by atomic mass is 10.1. The molecule has 1 amide bonds. The third-order valence-electron chi connectivity index (χ3n) is 3.31. The molecular formula is C17H17BrN2O3. The zero-order valence-electron chi connectivity index (χ0n) is 12.6. The molecule has 0 aliphatic heterocycles. The average molecular weight is 377 g/mol. The van der Waals surface area contributed by atoms with Crippen molar-refractivity contribution in [3.05, 3.63) is 63.6 Å². The lowest BCUT2D eigenvalue weighted by Crippen LogP contribution is -2.28. The van der Waals surface area contributed by atoms with Gasteiger partial charge >= 0.3 is 5.97 Å². The Labute approximate surface area is 143 Å². The fraction of sp³-hybridized carbons (Fsp3) is 0.176. The molecule has 0 spiro atoms. The molecule has 5 nitrogen and oxygen atoms in total. The van der Waals surface area contributed by atoms with Crippen LogP contribution in [0.2, 0.25) is 0 Å². The van der Waals surface area contributed by atoms with Crippen LogP contribution in [-0.4, -0.2) is 18.5 Å². The SMILES string of the molecule is Cc1ccccc1CNC(=O)COC(=O)c1cc(Br)ccc1N. The maximum absolute atomic E-state index is 11.9. The number of carbonyl (C=O) groups is 2. The van der Waals surface area contributed by atoms with Crippen molar-refractivity contribution in [2.75, 3.05) is 12.3 Å². The van der Waals surface area contributed by atoms with Crippen molar-refractivity contribution in [1.29, 1.82) is 0 Å². The molecule has 0 heterocycles. The molecule has 0 atom stereocenters. The molecular weight excluding hydrogens is 360 g/mol. The summed E-state index contributed by atoms with van der Waals surface area (Å²) in [5, 5.41) is 2.72. The number of amides is 1. The molecule has 0 bridgehead atoms. The van der Waals surface area contributed by atoms with E-state index in [1.807, 2.05) is 31.2 Å². The van der Waals surface area contributed by atoms with E-state index in [9.17, 15) is 9.59 Å². The number of aryl methyl sites for hydroxylation is 1. The monoisotopic (exact) mass is 376 g/mol. The Hall–Kier alpha value is -2.34. The molecule has 0 unspecified atom stereocenters. The summed E-state index contributed by atoms with van der Waals surface area (Å²) in [7, 11) is 0.